The van der Waals surface area contributed by atoms with Gasteiger partial charge < -0.3 is 11.1 Å². The number of anilines is 1. The Hall–Kier alpha value is -1.28. The number of nitrogens with one attached hydrogen (secondary N) is 1. The zero-order chi connectivity index (χ0) is 15.8. The molecule has 2 rings (SSSR count). The first-order valence-corrected chi connectivity index (χ1v) is 8.20. The number of thioether (sulfide) groups is 1. The van der Waals surface area contributed by atoms with E-state index in [1.54, 1.807) is 23.9 Å². The Bertz CT molecular complexity index is 615. The first kappa shape index (κ1) is 19.8. The first-order chi connectivity index (χ1) is 10.7. The van der Waals surface area contributed by atoms with E-state index in [1.807, 2.05) is 12.1 Å². The fourth-order valence-corrected chi connectivity index (χ4v) is 2.62. The van der Waals surface area contributed by atoms with Gasteiger partial charge >= 0.3 is 0 Å². The highest BCUT2D eigenvalue weighted by Gasteiger charge is 1.97. The lowest BCUT2D eigenvalue weighted by molar-refractivity contribution is 0.626. The fourth-order valence-electron chi connectivity index (χ4n) is 1.87. The van der Waals surface area contributed by atoms with Crippen molar-refractivity contribution in [3.63, 3.8) is 0 Å². The lowest BCUT2D eigenvalue weighted by atomic mass is 10.1. The Morgan fingerprint density at radius 1 is 1.13 bits per heavy atom. The summed E-state index contributed by atoms with van der Waals surface area (Å²) in [5.74, 6) is 0.983. The van der Waals surface area contributed by atoms with E-state index in [0.717, 1.165) is 22.8 Å². The number of hydrogen-bond donors (Lipinski definition) is 2. The molecule has 0 radical (unpaired) electrons. The number of hydrogen-bond acceptors (Lipinski definition) is 2. The number of aliphatic imine (C=N–C) groups is 1. The average molecular weight is 445 g/mol. The molecule has 2 aromatic carbocycles. The SMILES string of the molecule is CCc1ccc(NC(N)=NCCSc2ccc(F)cc2)cc1.I. The standard InChI is InChI=1S/C17H20FN3S.HI/c1-2-13-3-7-15(8-4-13)21-17(19)20-11-12-22-16-9-5-14(18)6-10-16;/h3-10H,2,11-12H2,1H3,(H3,19,20,21);1H. The third-order valence-electron chi connectivity index (χ3n) is 3.09. The summed E-state index contributed by atoms with van der Waals surface area (Å²) in [6.45, 7) is 2.73. The topological polar surface area (TPSA) is 50.4 Å². The number of guanidine groups is 1. The molecule has 23 heavy (non-hydrogen) atoms. The largest absolute Gasteiger partial charge is 0.370 e. The minimum atomic E-state index is -0.218. The van der Waals surface area contributed by atoms with E-state index in [9.17, 15) is 4.39 Å². The van der Waals surface area contributed by atoms with Crippen molar-refractivity contribution in [3.05, 3.63) is 59.9 Å². The molecule has 0 atom stereocenters. The average Bonchev–Trinajstić information content (AvgIpc) is 2.54. The van der Waals surface area contributed by atoms with Crippen LogP contribution in [0.3, 0.4) is 0 Å². The maximum atomic E-state index is 12.8. The molecule has 124 valence electrons. The zero-order valence-electron chi connectivity index (χ0n) is 13.0. The summed E-state index contributed by atoms with van der Waals surface area (Å²) in [5, 5.41) is 3.07. The first-order valence-electron chi connectivity index (χ1n) is 7.21. The van der Waals surface area contributed by atoms with Crippen molar-refractivity contribution in [1.29, 1.82) is 0 Å². The van der Waals surface area contributed by atoms with Crippen LogP contribution in [-0.2, 0) is 6.42 Å². The summed E-state index contributed by atoms with van der Waals surface area (Å²) in [5.41, 5.74) is 8.08. The van der Waals surface area contributed by atoms with E-state index in [0.29, 0.717) is 12.5 Å². The van der Waals surface area contributed by atoms with E-state index in [4.69, 9.17) is 5.73 Å². The Balaban J connectivity index is 0.00000264. The molecule has 3 N–H and O–H groups in total. The van der Waals surface area contributed by atoms with Gasteiger partial charge in [0.25, 0.3) is 0 Å². The van der Waals surface area contributed by atoms with Gasteiger partial charge in [-0.1, -0.05) is 19.1 Å². The van der Waals surface area contributed by atoms with Crippen molar-refractivity contribution in [1.82, 2.24) is 0 Å². The van der Waals surface area contributed by atoms with Crippen LogP contribution in [0.1, 0.15) is 12.5 Å². The second-order valence-corrected chi connectivity index (χ2v) is 5.91. The van der Waals surface area contributed by atoms with Gasteiger partial charge in [0.05, 0.1) is 6.54 Å². The molecule has 2 aromatic rings. The molecule has 0 unspecified atom stereocenters. The molecule has 0 aliphatic carbocycles. The Labute approximate surface area is 158 Å². The Morgan fingerprint density at radius 3 is 2.39 bits per heavy atom. The Kier molecular flexibility index (Phi) is 9.01. The molecule has 0 saturated carbocycles. The van der Waals surface area contributed by atoms with Crippen molar-refractivity contribution < 1.29 is 4.39 Å². The van der Waals surface area contributed by atoms with Gasteiger partial charge in [0.15, 0.2) is 5.96 Å². The maximum Gasteiger partial charge on any atom is 0.193 e. The van der Waals surface area contributed by atoms with E-state index < -0.39 is 0 Å². The minimum Gasteiger partial charge on any atom is -0.370 e. The van der Waals surface area contributed by atoms with Gasteiger partial charge in [-0.05, 0) is 48.4 Å². The molecule has 0 heterocycles. The van der Waals surface area contributed by atoms with Gasteiger partial charge in [0.2, 0.25) is 0 Å². The maximum absolute atomic E-state index is 12.8. The highest BCUT2D eigenvalue weighted by molar-refractivity contribution is 14.0. The molecule has 0 fully saturated rings. The highest BCUT2D eigenvalue weighted by atomic mass is 127. The van der Waals surface area contributed by atoms with Crippen LogP contribution in [0.4, 0.5) is 10.1 Å². The molecule has 0 bridgehead atoms. The summed E-state index contributed by atoms with van der Waals surface area (Å²) >= 11 is 1.63. The monoisotopic (exact) mass is 445 g/mol. The smallest absolute Gasteiger partial charge is 0.193 e. The van der Waals surface area contributed by atoms with Crippen LogP contribution in [0.15, 0.2) is 58.4 Å². The van der Waals surface area contributed by atoms with Crippen LogP contribution in [-0.4, -0.2) is 18.3 Å². The molecule has 6 heteroatoms. The second kappa shape index (κ2) is 10.5. The molecule has 0 aliphatic heterocycles. The van der Waals surface area contributed by atoms with E-state index >= 15 is 0 Å². The van der Waals surface area contributed by atoms with Crippen LogP contribution in [0, 0.1) is 5.82 Å². The zero-order valence-corrected chi connectivity index (χ0v) is 16.1. The fraction of sp³-hybridized carbons (Fsp3) is 0.235. The van der Waals surface area contributed by atoms with Gasteiger partial charge in [0.1, 0.15) is 5.82 Å². The normalized spacial score (nSPS) is 11.0. The molecule has 0 amide bonds. The van der Waals surface area contributed by atoms with Gasteiger partial charge in [-0.25, -0.2) is 4.39 Å². The highest BCUT2D eigenvalue weighted by Crippen LogP contribution is 2.17. The molecule has 0 aromatic heterocycles. The van der Waals surface area contributed by atoms with Crippen LogP contribution in [0.2, 0.25) is 0 Å². The Morgan fingerprint density at radius 2 is 1.78 bits per heavy atom. The number of halogens is 2. The van der Waals surface area contributed by atoms with Crippen LogP contribution < -0.4 is 11.1 Å². The third-order valence-corrected chi connectivity index (χ3v) is 4.08. The van der Waals surface area contributed by atoms with Gasteiger partial charge in [-0.2, -0.15) is 0 Å². The number of aryl methyl sites for hydroxylation is 1. The van der Waals surface area contributed by atoms with Crippen molar-refractivity contribution in [2.75, 3.05) is 17.6 Å². The van der Waals surface area contributed by atoms with Crippen molar-refractivity contribution in [2.24, 2.45) is 10.7 Å². The minimum absolute atomic E-state index is 0. The number of benzene rings is 2. The predicted molar refractivity (Wildman–Crippen MR) is 108 cm³/mol. The van der Waals surface area contributed by atoms with Gasteiger partial charge in [-0.3, -0.25) is 4.99 Å². The number of nitrogens with two attached hydrogens (primary N) is 1. The summed E-state index contributed by atoms with van der Waals surface area (Å²) in [7, 11) is 0. The van der Waals surface area contributed by atoms with E-state index in [1.165, 1.54) is 17.7 Å². The number of rotatable bonds is 6. The van der Waals surface area contributed by atoms with Crippen LogP contribution >= 0.6 is 35.7 Å². The lowest BCUT2D eigenvalue weighted by Crippen LogP contribution is -2.23. The van der Waals surface area contributed by atoms with E-state index in [-0.39, 0.29) is 29.8 Å². The van der Waals surface area contributed by atoms with Crippen molar-refractivity contribution >= 4 is 47.4 Å². The summed E-state index contributed by atoms with van der Waals surface area (Å²) in [4.78, 5) is 5.31. The molecule has 0 aliphatic rings. The summed E-state index contributed by atoms with van der Waals surface area (Å²) in [6.07, 6.45) is 1.02. The second-order valence-electron chi connectivity index (χ2n) is 4.74. The van der Waals surface area contributed by atoms with Crippen LogP contribution in [0.25, 0.3) is 0 Å². The quantitative estimate of drug-likeness (QED) is 0.226. The summed E-state index contributed by atoms with van der Waals surface area (Å²) < 4.78 is 12.8. The van der Waals surface area contributed by atoms with E-state index in [2.05, 4.69) is 29.4 Å². The van der Waals surface area contributed by atoms with Gasteiger partial charge in [-0.15, -0.1) is 35.7 Å². The molecule has 3 nitrogen and oxygen atoms in total. The number of nitrogens with zero attached hydrogens (tertiary/aromatic N) is 1. The van der Waals surface area contributed by atoms with Crippen molar-refractivity contribution in [2.45, 2.75) is 18.2 Å². The third kappa shape index (κ3) is 7.22. The molecular weight excluding hydrogens is 424 g/mol. The molecule has 0 spiro atoms. The molecular formula is C17H21FIN3S. The van der Waals surface area contributed by atoms with Crippen molar-refractivity contribution in [3.8, 4) is 0 Å². The van der Waals surface area contributed by atoms with Crippen LogP contribution in [0.5, 0.6) is 0 Å². The van der Waals surface area contributed by atoms with Gasteiger partial charge in [0, 0.05) is 16.3 Å². The summed E-state index contributed by atoms with van der Waals surface area (Å²) in [6, 6.07) is 14.6. The lowest BCUT2D eigenvalue weighted by Gasteiger charge is -2.06. The molecule has 0 saturated heterocycles. The predicted octanol–water partition coefficient (Wildman–Crippen LogP) is 4.53.